The average Bonchev–Trinajstić information content (AvgIpc) is 2.17. The van der Waals surface area contributed by atoms with Gasteiger partial charge in [0.05, 0.1) is 0 Å². The van der Waals surface area contributed by atoms with Crippen LogP contribution in [0.3, 0.4) is 0 Å². The largest absolute Gasteiger partial charge is 0.281 e. The van der Waals surface area contributed by atoms with Gasteiger partial charge in [-0.05, 0) is 13.3 Å². The quantitative estimate of drug-likeness (QED) is 0.379. The molecule has 1 unspecified atom stereocenters. The van der Waals surface area contributed by atoms with Crippen LogP contribution in [-0.4, -0.2) is 11.9 Å². The minimum atomic E-state index is 0.404. The van der Waals surface area contributed by atoms with Crippen molar-refractivity contribution in [1.82, 2.24) is 5.32 Å². The first-order valence-corrected chi connectivity index (χ1v) is 3.04. The van der Waals surface area contributed by atoms with Crippen molar-refractivity contribution in [2.45, 2.75) is 25.8 Å². The first-order chi connectivity index (χ1) is 4.33. The summed E-state index contributed by atoms with van der Waals surface area (Å²) < 4.78 is 0. The molecule has 9 heavy (non-hydrogen) atoms. The maximum Gasteiger partial charge on any atom is 0.182 e. The van der Waals surface area contributed by atoms with E-state index in [9.17, 15) is 0 Å². The number of nitrogens with zero attached hydrogens (tertiary/aromatic N) is 2. The maximum atomic E-state index is 8.17. The minimum absolute atomic E-state index is 0.404. The molecule has 0 aliphatic carbocycles. The first-order valence-electron chi connectivity index (χ1n) is 3.04. The summed E-state index contributed by atoms with van der Waals surface area (Å²) in [7, 11) is 0. The molecule has 0 aromatic heterocycles. The van der Waals surface area contributed by atoms with Gasteiger partial charge in [0.15, 0.2) is 6.19 Å². The normalized spacial score (nSPS) is 24.9. The Labute approximate surface area is 54.4 Å². The highest BCUT2D eigenvalue weighted by molar-refractivity contribution is 5.85. The van der Waals surface area contributed by atoms with Crippen molar-refractivity contribution in [2.24, 2.45) is 4.99 Å². The van der Waals surface area contributed by atoms with E-state index in [2.05, 4.69) is 10.3 Å². The second kappa shape index (κ2) is 2.49. The van der Waals surface area contributed by atoms with Gasteiger partial charge in [-0.15, -0.1) is 0 Å². The first kappa shape index (κ1) is 6.09. The molecule has 0 bridgehead atoms. The van der Waals surface area contributed by atoms with E-state index in [0.29, 0.717) is 6.04 Å². The Bertz CT molecular complexity index is 166. The fraction of sp³-hybridized carbons (Fsp3) is 0.667. The van der Waals surface area contributed by atoms with Crippen molar-refractivity contribution in [3.8, 4) is 6.19 Å². The second-order valence-corrected chi connectivity index (χ2v) is 2.20. The van der Waals surface area contributed by atoms with Crippen molar-refractivity contribution in [3.05, 3.63) is 0 Å². The lowest BCUT2D eigenvalue weighted by Crippen LogP contribution is -2.13. The number of rotatable bonds is 0. The van der Waals surface area contributed by atoms with E-state index >= 15 is 0 Å². The molecule has 48 valence electrons. The molecule has 1 rings (SSSR count). The van der Waals surface area contributed by atoms with E-state index in [1.165, 1.54) is 0 Å². The van der Waals surface area contributed by atoms with Crippen molar-refractivity contribution in [3.63, 3.8) is 0 Å². The Morgan fingerprint density at radius 2 is 2.67 bits per heavy atom. The number of nitriles is 1. The molecule has 0 saturated heterocycles. The molecule has 3 nitrogen and oxygen atoms in total. The molecule has 1 atom stereocenters. The van der Waals surface area contributed by atoms with Crippen LogP contribution >= 0.6 is 0 Å². The van der Waals surface area contributed by atoms with E-state index in [1.807, 2.05) is 13.1 Å². The molecule has 0 spiro atoms. The van der Waals surface area contributed by atoms with E-state index in [1.54, 1.807) is 0 Å². The third kappa shape index (κ3) is 1.43. The lowest BCUT2D eigenvalue weighted by molar-refractivity contribution is 0.739. The molecule has 0 aromatic rings. The molecule has 0 saturated carbocycles. The highest BCUT2D eigenvalue weighted by atomic mass is 15.0. The van der Waals surface area contributed by atoms with E-state index in [-0.39, 0.29) is 0 Å². The van der Waals surface area contributed by atoms with Gasteiger partial charge in [0, 0.05) is 12.5 Å². The van der Waals surface area contributed by atoms with Gasteiger partial charge in [-0.3, -0.25) is 10.3 Å². The molecule has 1 aliphatic heterocycles. The van der Waals surface area contributed by atoms with Gasteiger partial charge in [-0.2, -0.15) is 5.26 Å². The number of hydrogen-bond acceptors (Lipinski definition) is 3. The topological polar surface area (TPSA) is 48.2 Å². The van der Waals surface area contributed by atoms with Crippen molar-refractivity contribution in [1.29, 1.82) is 5.26 Å². The van der Waals surface area contributed by atoms with Crippen LogP contribution in [0.25, 0.3) is 0 Å². The molecule has 0 aromatic carbocycles. The minimum Gasteiger partial charge on any atom is -0.281 e. The third-order valence-electron chi connectivity index (χ3n) is 1.38. The van der Waals surface area contributed by atoms with E-state index < -0.39 is 0 Å². The van der Waals surface area contributed by atoms with E-state index in [0.717, 1.165) is 18.7 Å². The summed E-state index contributed by atoms with van der Waals surface area (Å²) in [6.45, 7) is 2.05. The van der Waals surface area contributed by atoms with Crippen LogP contribution in [0.4, 0.5) is 0 Å². The highest BCUT2D eigenvalue weighted by Crippen LogP contribution is 2.09. The van der Waals surface area contributed by atoms with Gasteiger partial charge < -0.3 is 0 Å². The zero-order valence-corrected chi connectivity index (χ0v) is 5.39. The summed E-state index contributed by atoms with van der Waals surface area (Å²) in [5.74, 6) is 0.838. The smallest absolute Gasteiger partial charge is 0.182 e. The molecular weight excluding hydrogens is 114 g/mol. The monoisotopic (exact) mass is 123 g/mol. The van der Waals surface area contributed by atoms with Crippen molar-refractivity contribution >= 4 is 5.84 Å². The molecule has 0 amide bonds. The molecule has 0 fully saturated rings. The number of nitrogens with one attached hydrogen (secondary N) is 1. The maximum absolute atomic E-state index is 8.17. The third-order valence-corrected chi connectivity index (χ3v) is 1.38. The Kier molecular flexibility index (Phi) is 1.69. The van der Waals surface area contributed by atoms with Crippen LogP contribution < -0.4 is 5.32 Å². The highest BCUT2D eigenvalue weighted by Gasteiger charge is 2.11. The van der Waals surface area contributed by atoms with Crippen molar-refractivity contribution in [2.75, 3.05) is 0 Å². The molecule has 1 N–H and O–H groups in total. The summed E-state index contributed by atoms with van der Waals surface area (Å²) in [4.78, 5) is 4.16. The Morgan fingerprint density at radius 3 is 3.11 bits per heavy atom. The Morgan fingerprint density at radius 1 is 1.89 bits per heavy atom. The van der Waals surface area contributed by atoms with Crippen LogP contribution in [0.2, 0.25) is 0 Å². The zero-order valence-electron chi connectivity index (χ0n) is 5.39. The summed E-state index contributed by atoms with van der Waals surface area (Å²) >= 11 is 0. The number of hydrogen-bond donors (Lipinski definition) is 1. The summed E-state index contributed by atoms with van der Waals surface area (Å²) in [6, 6.07) is 0.404. The Hall–Kier alpha value is -1.04. The summed E-state index contributed by atoms with van der Waals surface area (Å²) in [6.07, 6.45) is 3.85. The van der Waals surface area contributed by atoms with Crippen LogP contribution in [0, 0.1) is 11.5 Å². The lowest BCUT2D eigenvalue weighted by Gasteiger charge is -1.89. The van der Waals surface area contributed by atoms with Gasteiger partial charge in [-0.1, -0.05) is 0 Å². The fourth-order valence-electron chi connectivity index (χ4n) is 0.900. The van der Waals surface area contributed by atoms with Crippen LogP contribution in [0.5, 0.6) is 0 Å². The lowest BCUT2D eigenvalue weighted by atomic mass is 10.2. The summed E-state index contributed by atoms with van der Waals surface area (Å²) in [5, 5.41) is 10.7. The van der Waals surface area contributed by atoms with Crippen LogP contribution in [0.1, 0.15) is 19.8 Å². The van der Waals surface area contributed by atoms with Gasteiger partial charge >= 0.3 is 0 Å². The van der Waals surface area contributed by atoms with Crippen molar-refractivity contribution < 1.29 is 0 Å². The second-order valence-electron chi connectivity index (χ2n) is 2.20. The molecule has 1 heterocycles. The predicted octanol–water partition coefficient (Wildman–Crippen LogP) is 0.638. The molecule has 3 heteroatoms. The van der Waals surface area contributed by atoms with Crippen LogP contribution in [0.15, 0.2) is 4.99 Å². The average molecular weight is 123 g/mol. The molecular formula is C6H9N3. The standard InChI is InChI=1S/C6H9N3/c1-5-2-3-6(9-5)8-4-7/h5H,2-3H2,1H3,(H,8,9). The Balaban J connectivity index is 2.44. The predicted molar refractivity (Wildman–Crippen MR) is 34.9 cm³/mol. The molecule has 0 radical (unpaired) electrons. The molecule has 1 aliphatic rings. The zero-order chi connectivity index (χ0) is 6.69. The van der Waals surface area contributed by atoms with E-state index in [4.69, 9.17) is 5.26 Å². The SMILES string of the molecule is CC1CCC(NC#N)=N1. The van der Waals surface area contributed by atoms with Gasteiger partial charge in [0.25, 0.3) is 0 Å². The van der Waals surface area contributed by atoms with Gasteiger partial charge in [0.1, 0.15) is 5.84 Å². The van der Waals surface area contributed by atoms with Crippen LogP contribution in [-0.2, 0) is 0 Å². The number of aliphatic imine (C=N–C) groups is 1. The number of amidine groups is 1. The fourth-order valence-corrected chi connectivity index (χ4v) is 0.900. The van der Waals surface area contributed by atoms with Gasteiger partial charge in [0.2, 0.25) is 0 Å². The van der Waals surface area contributed by atoms with Gasteiger partial charge in [-0.25, -0.2) is 0 Å². The summed E-state index contributed by atoms with van der Waals surface area (Å²) in [5.41, 5.74) is 0.